The van der Waals surface area contributed by atoms with Crippen molar-refractivity contribution in [3.05, 3.63) is 51.3 Å². The SMILES string of the molecule is Cc1nn(C)c(CC(CCl)Cc2cccc(Cl)c2)c1Cl. The standard InChI is InChI=1S/C15H17Cl3N2/c1-10-15(18)14(20(2)19-10)8-12(9-16)6-11-4-3-5-13(17)7-11/h3-5,7,12H,6,8-9H2,1-2H3. The molecular formula is C15H17Cl3N2. The number of halogens is 3. The molecule has 1 aromatic heterocycles. The Kier molecular flexibility index (Phi) is 5.36. The molecule has 2 nitrogen and oxygen atoms in total. The van der Waals surface area contributed by atoms with E-state index in [1.54, 1.807) is 0 Å². The monoisotopic (exact) mass is 330 g/mol. The van der Waals surface area contributed by atoms with Gasteiger partial charge < -0.3 is 0 Å². The van der Waals surface area contributed by atoms with Gasteiger partial charge in [0.05, 0.1) is 16.4 Å². The van der Waals surface area contributed by atoms with Crippen LogP contribution in [0.1, 0.15) is 17.0 Å². The van der Waals surface area contributed by atoms with Crippen molar-refractivity contribution in [1.29, 1.82) is 0 Å². The van der Waals surface area contributed by atoms with Crippen molar-refractivity contribution in [3.63, 3.8) is 0 Å². The molecule has 108 valence electrons. The Morgan fingerprint density at radius 1 is 1.25 bits per heavy atom. The molecule has 0 amide bonds. The fourth-order valence-corrected chi connectivity index (χ4v) is 3.02. The van der Waals surface area contributed by atoms with E-state index >= 15 is 0 Å². The van der Waals surface area contributed by atoms with Gasteiger partial charge in [0.2, 0.25) is 0 Å². The number of hydrogen-bond donors (Lipinski definition) is 0. The minimum absolute atomic E-state index is 0.308. The predicted octanol–water partition coefficient (Wildman–Crippen LogP) is 4.68. The lowest BCUT2D eigenvalue weighted by molar-refractivity contribution is 0.551. The van der Waals surface area contributed by atoms with Gasteiger partial charge in [-0.05, 0) is 43.4 Å². The molecule has 1 unspecified atom stereocenters. The van der Waals surface area contributed by atoms with Gasteiger partial charge in [0, 0.05) is 18.0 Å². The number of nitrogens with zero attached hydrogens (tertiary/aromatic N) is 2. The molecule has 1 atom stereocenters. The van der Waals surface area contributed by atoms with E-state index in [1.165, 1.54) is 5.56 Å². The Morgan fingerprint density at radius 2 is 2.00 bits per heavy atom. The van der Waals surface area contributed by atoms with Crippen LogP contribution >= 0.6 is 34.8 Å². The van der Waals surface area contributed by atoms with Crippen LogP contribution in [0, 0.1) is 12.8 Å². The summed E-state index contributed by atoms with van der Waals surface area (Å²) >= 11 is 18.4. The topological polar surface area (TPSA) is 17.8 Å². The van der Waals surface area contributed by atoms with Gasteiger partial charge in [-0.25, -0.2) is 0 Å². The molecule has 0 N–H and O–H groups in total. The van der Waals surface area contributed by atoms with Gasteiger partial charge in [0.25, 0.3) is 0 Å². The highest BCUT2D eigenvalue weighted by molar-refractivity contribution is 6.32. The highest BCUT2D eigenvalue weighted by atomic mass is 35.5. The highest BCUT2D eigenvalue weighted by Crippen LogP contribution is 2.25. The van der Waals surface area contributed by atoms with Crippen LogP contribution in [0.15, 0.2) is 24.3 Å². The molecule has 0 bridgehead atoms. The normalized spacial score (nSPS) is 12.7. The lowest BCUT2D eigenvalue weighted by atomic mass is 9.96. The average Bonchev–Trinajstić information content (AvgIpc) is 2.64. The van der Waals surface area contributed by atoms with Crippen LogP contribution in [-0.2, 0) is 19.9 Å². The molecule has 0 radical (unpaired) electrons. The first kappa shape index (κ1) is 15.7. The summed E-state index contributed by atoms with van der Waals surface area (Å²) in [6.45, 7) is 1.92. The van der Waals surface area contributed by atoms with E-state index in [1.807, 2.05) is 36.9 Å². The Hall–Kier alpha value is -0.700. The van der Waals surface area contributed by atoms with Crippen molar-refractivity contribution in [2.75, 3.05) is 5.88 Å². The van der Waals surface area contributed by atoms with Crippen LogP contribution in [0.5, 0.6) is 0 Å². The third-order valence-electron chi connectivity index (χ3n) is 3.38. The zero-order valence-electron chi connectivity index (χ0n) is 11.5. The number of benzene rings is 1. The van der Waals surface area contributed by atoms with Gasteiger partial charge in [0.15, 0.2) is 0 Å². The van der Waals surface area contributed by atoms with Gasteiger partial charge in [-0.3, -0.25) is 4.68 Å². The summed E-state index contributed by atoms with van der Waals surface area (Å²) in [6, 6.07) is 7.89. The van der Waals surface area contributed by atoms with Crippen LogP contribution in [-0.4, -0.2) is 15.7 Å². The molecule has 0 fully saturated rings. The van der Waals surface area contributed by atoms with Crippen molar-refractivity contribution in [3.8, 4) is 0 Å². The molecule has 5 heteroatoms. The first-order valence-electron chi connectivity index (χ1n) is 6.49. The van der Waals surface area contributed by atoms with Crippen molar-refractivity contribution >= 4 is 34.8 Å². The molecule has 1 aromatic carbocycles. The second-order valence-corrected chi connectivity index (χ2v) is 6.15. The minimum atomic E-state index is 0.308. The van der Waals surface area contributed by atoms with Gasteiger partial charge in [-0.1, -0.05) is 35.3 Å². The van der Waals surface area contributed by atoms with Crippen LogP contribution in [0.25, 0.3) is 0 Å². The fourth-order valence-electron chi connectivity index (χ4n) is 2.35. The zero-order chi connectivity index (χ0) is 14.7. The smallest absolute Gasteiger partial charge is 0.0847 e. The van der Waals surface area contributed by atoms with E-state index < -0.39 is 0 Å². The Labute approximate surface area is 134 Å². The quantitative estimate of drug-likeness (QED) is 0.728. The molecule has 20 heavy (non-hydrogen) atoms. The van der Waals surface area contributed by atoms with Crippen molar-refractivity contribution in [2.24, 2.45) is 13.0 Å². The molecule has 0 aliphatic heterocycles. The lowest BCUT2D eigenvalue weighted by Crippen LogP contribution is -2.13. The number of rotatable bonds is 5. The van der Waals surface area contributed by atoms with Gasteiger partial charge in [0.1, 0.15) is 0 Å². The average molecular weight is 332 g/mol. The Morgan fingerprint density at radius 3 is 2.55 bits per heavy atom. The molecule has 0 aliphatic rings. The molecular weight excluding hydrogens is 315 g/mol. The number of hydrogen-bond acceptors (Lipinski definition) is 1. The zero-order valence-corrected chi connectivity index (χ0v) is 13.8. The first-order valence-corrected chi connectivity index (χ1v) is 7.78. The Bertz CT molecular complexity index is 593. The van der Waals surface area contributed by atoms with Gasteiger partial charge >= 0.3 is 0 Å². The largest absolute Gasteiger partial charge is 0.271 e. The summed E-state index contributed by atoms with van der Waals surface area (Å²) in [5.74, 6) is 0.884. The minimum Gasteiger partial charge on any atom is -0.271 e. The summed E-state index contributed by atoms with van der Waals surface area (Å²) in [7, 11) is 1.92. The summed E-state index contributed by atoms with van der Waals surface area (Å²) in [5.41, 5.74) is 3.09. The van der Waals surface area contributed by atoms with E-state index in [2.05, 4.69) is 11.2 Å². The van der Waals surface area contributed by atoms with Crippen LogP contribution in [0.2, 0.25) is 10.0 Å². The second kappa shape index (κ2) is 6.84. The number of aromatic nitrogens is 2. The first-order chi connectivity index (χ1) is 9.51. The molecule has 0 spiro atoms. The third kappa shape index (κ3) is 3.69. The summed E-state index contributed by atoms with van der Waals surface area (Å²) in [5, 5.41) is 5.84. The maximum absolute atomic E-state index is 6.30. The lowest BCUT2D eigenvalue weighted by Gasteiger charge is -2.14. The highest BCUT2D eigenvalue weighted by Gasteiger charge is 2.17. The van der Waals surface area contributed by atoms with E-state index in [4.69, 9.17) is 34.8 Å². The molecule has 0 aliphatic carbocycles. The summed E-state index contributed by atoms with van der Waals surface area (Å²) < 4.78 is 1.84. The molecule has 0 saturated carbocycles. The van der Waals surface area contributed by atoms with Crippen molar-refractivity contribution in [2.45, 2.75) is 19.8 Å². The van der Waals surface area contributed by atoms with Crippen molar-refractivity contribution in [1.82, 2.24) is 9.78 Å². The molecule has 0 saturated heterocycles. The Balaban J connectivity index is 2.13. The maximum Gasteiger partial charge on any atom is 0.0847 e. The van der Waals surface area contributed by atoms with Gasteiger partial charge in [-0.15, -0.1) is 11.6 Å². The number of aryl methyl sites for hydroxylation is 2. The summed E-state index contributed by atoms with van der Waals surface area (Å²) in [6.07, 6.45) is 1.69. The fraction of sp³-hybridized carbons (Fsp3) is 0.400. The third-order valence-corrected chi connectivity index (χ3v) is 4.54. The second-order valence-electron chi connectivity index (χ2n) is 5.03. The predicted molar refractivity (Wildman–Crippen MR) is 86.0 cm³/mol. The molecule has 2 rings (SSSR count). The van der Waals surface area contributed by atoms with E-state index in [9.17, 15) is 0 Å². The van der Waals surface area contributed by atoms with Crippen LogP contribution < -0.4 is 0 Å². The van der Waals surface area contributed by atoms with Crippen LogP contribution in [0.4, 0.5) is 0 Å². The number of alkyl halides is 1. The van der Waals surface area contributed by atoms with Gasteiger partial charge in [-0.2, -0.15) is 5.10 Å². The van der Waals surface area contributed by atoms with Crippen LogP contribution in [0.3, 0.4) is 0 Å². The molecule has 2 aromatic rings. The van der Waals surface area contributed by atoms with E-state index in [0.717, 1.165) is 34.3 Å². The molecule has 1 heterocycles. The van der Waals surface area contributed by atoms with Crippen molar-refractivity contribution < 1.29 is 0 Å². The summed E-state index contributed by atoms with van der Waals surface area (Å²) in [4.78, 5) is 0. The maximum atomic E-state index is 6.30. The van der Waals surface area contributed by atoms with E-state index in [-0.39, 0.29) is 0 Å². The van der Waals surface area contributed by atoms with E-state index in [0.29, 0.717) is 11.8 Å².